The third kappa shape index (κ3) is 19.6. The van der Waals surface area contributed by atoms with Gasteiger partial charge in [0.25, 0.3) is 6.47 Å². The minimum Gasteiger partial charge on any atom is -0.483 e. The minimum atomic E-state index is -0.432. The number of hydrogen-bond donors (Lipinski definition) is 3. The fourth-order valence-corrected chi connectivity index (χ4v) is 1.92. The number of ether oxygens (including phenoxy) is 1. The van der Waals surface area contributed by atoms with E-state index < -0.39 is 5.60 Å². The van der Waals surface area contributed by atoms with E-state index in [1.807, 2.05) is 27.7 Å². The van der Waals surface area contributed by atoms with Crippen LogP contribution in [0.25, 0.3) is 0 Å². The van der Waals surface area contributed by atoms with Crippen LogP contribution < -0.4 is 11.1 Å². The lowest BCUT2D eigenvalue weighted by Gasteiger charge is -2.21. The maximum atomic E-state index is 11.4. The summed E-state index contributed by atoms with van der Waals surface area (Å²) in [4.78, 5) is 19.8. The highest BCUT2D eigenvalue weighted by Crippen LogP contribution is 2.08. The van der Waals surface area contributed by atoms with Crippen molar-refractivity contribution in [3.05, 3.63) is 0 Å². The number of hydrogen-bond acceptors (Lipinski definition) is 5. The van der Waals surface area contributed by atoms with Crippen molar-refractivity contribution in [2.24, 2.45) is 5.73 Å². The molecule has 0 aliphatic carbocycles. The second-order valence-corrected chi connectivity index (χ2v) is 6.07. The van der Waals surface area contributed by atoms with E-state index in [1.54, 1.807) is 11.8 Å². The minimum absolute atomic E-state index is 0.139. The standard InChI is InChI=1S/C11H24N2O2S.CH2O2/c1-9(5-7-16-8-6-12)13-10(14)15-11(2,3)4;2-1-3/h9H,5-8,12H2,1-4H3,(H,13,14);1H,(H,2,3)/t9-;/m1./s1. The van der Waals surface area contributed by atoms with Crippen LogP contribution in [0.1, 0.15) is 34.1 Å². The monoisotopic (exact) mass is 294 g/mol. The molecule has 0 bridgehead atoms. The summed E-state index contributed by atoms with van der Waals surface area (Å²) in [5.41, 5.74) is 4.95. The summed E-state index contributed by atoms with van der Waals surface area (Å²) in [7, 11) is 0. The molecule has 0 spiro atoms. The molecule has 7 heteroatoms. The molecule has 1 amide bonds. The lowest BCUT2D eigenvalue weighted by Crippen LogP contribution is -2.37. The molecule has 0 heterocycles. The molecule has 0 aliphatic heterocycles. The van der Waals surface area contributed by atoms with Crippen LogP contribution in [0.15, 0.2) is 0 Å². The van der Waals surface area contributed by atoms with E-state index in [0.29, 0.717) is 6.54 Å². The second kappa shape index (κ2) is 12.1. The summed E-state index contributed by atoms with van der Waals surface area (Å²) in [6.07, 6.45) is 0.591. The van der Waals surface area contributed by atoms with E-state index >= 15 is 0 Å². The van der Waals surface area contributed by atoms with Crippen LogP contribution in [0.5, 0.6) is 0 Å². The molecule has 0 saturated carbocycles. The second-order valence-electron chi connectivity index (χ2n) is 4.84. The lowest BCUT2D eigenvalue weighted by atomic mass is 10.2. The number of nitrogens with two attached hydrogens (primary N) is 1. The van der Waals surface area contributed by atoms with Crippen LogP contribution in [0.2, 0.25) is 0 Å². The van der Waals surface area contributed by atoms with Gasteiger partial charge in [-0.2, -0.15) is 11.8 Å². The molecule has 0 aromatic carbocycles. The van der Waals surface area contributed by atoms with Crippen molar-refractivity contribution in [3.63, 3.8) is 0 Å². The third-order valence-corrected chi connectivity index (χ3v) is 2.77. The van der Waals surface area contributed by atoms with Crippen LogP contribution in [0.4, 0.5) is 4.79 Å². The van der Waals surface area contributed by atoms with Crippen LogP contribution in [-0.2, 0) is 9.53 Å². The summed E-state index contributed by atoms with van der Waals surface area (Å²) in [5, 5.41) is 9.70. The van der Waals surface area contributed by atoms with E-state index in [9.17, 15) is 4.79 Å². The molecular formula is C12H26N2O4S. The average molecular weight is 294 g/mol. The first-order chi connectivity index (χ1) is 8.76. The molecule has 0 unspecified atom stereocenters. The number of carbonyl (C=O) groups excluding carboxylic acids is 1. The number of carbonyl (C=O) groups is 2. The highest BCUT2D eigenvalue weighted by molar-refractivity contribution is 7.99. The number of thioether (sulfide) groups is 1. The van der Waals surface area contributed by atoms with Gasteiger partial charge in [-0.15, -0.1) is 0 Å². The van der Waals surface area contributed by atoms with Crippen molar-refractivity contribution in [1.82, 2.24) is 5.32 Å². The van der Waals surface area contributed by atoms with Gasteiger partial charge >= 0.3 is 6.09 Å². The van der Waals surface area contributed by atoms with Crippen molar-refractivity contribution < 1.29 is 19.4 Å². The maximum absolute atomic E-state index is 11.4. The normalized spacial score (nSPS) is 11.8. The van der Waals surface area contributed by atoms with Gasteiger partial charge in [0.1, 0.15) is 5.60 Å². The van der Waals surface area contributed by atoms with E-state index in [4.69, 9.17) is 20.4 Å². The van der Waals surface area contributed by atoms with Gasteiger partial charge in [0.2, 0.25) is 0 Å². The van der Waals surface area contributed by atoms with Crippen LogP contribution >= 0.6 is 11.8 Å². The fourth-order valence-electron chi connectivity index (χ4n) is 1.03. The summed E-state index contributed by atoms with van der Waals surface area (Å²) < 4.78 is 5.16. The Morgan fingerprint density at radius 3 is 2.42 bits per heavy atom. The number of carboxylic acid groups (broad SMARTS) is 1. The van der Waals surface area contributed by atoms with Crippen molar-refractivity contribution in [1.29, 1.82) is 0 Å². The van der Waals surface area contributed by atoms with Crippen molar-refractivity contribution in [3.8, 4) is 0 Å². The van der Waals surface area contributed by atoms with Crippen molar-refractivity contribution in [2.45, 2.75) is 45.8 Å². The SMILES string of the molecule is C[C@H](CCSCCN)NC(=O)OC(C)(C)C.O=CO. The average Bonchev–Trinajstić information content (AvgIpc) is 2.22. The molecule has 0 fully saturated rings. The molecule has 4 N–H and O–H groups in total. The summed E-state index contributed by atoms with van der Waals surface area (Å²) >= 11 is 1.80. The summed E-state index contributed by atoms with van der Waals surface area (Å²) in [6.45, 7) is 8.00. The lowest BCUT2D eigenvalue weighted by molar-refractivity contribution is -0.122. The van der Waals surface area contributed by atoms with Crippen molar-refractivity contribution in [2.75, 3.05) is 18.1 Å². The van der Waals surface area contributed by atoms with Crippen LogP contribution in [0.3, 0.4) is 0 Å². The molecule has 0 aliphatic rings. The van der Waals surface area contributed by atoms with Gasteiger partial charge in [-0.1, -0.05) is 0 Å². The summed E-state index contributed by atoms with van der Waals surface area (Å²) in [6, 6.07) is 0.139. The molecule has 0 radical (unpaired) electrons. The molecular weight excluding hydrogens is 268 g/mol. The first kappa shape index (κ1) is 20.4. The Labute approximate surface area is 119 Å². The van der Waals surface area contributed by atoms with Gasteiger partial charge in [-0.25, -0.2) is 4.79 Å². The number of nitrogens with one attached hydrogen (secondary N) is 1. The molecule has 114 valence electrons. The number of rotatable bonds is 6. The molecule has 0 saturated heterocycles. The largest absolute Gasteiger partial charge is 0.483 e. The number of alkyl carbamates (subject to hydrolysis) is 1. The van der Waals surface area contributed by atoms with Crippen LogP contribution in [-0.4, -0.2) is 47.4 Å². The Balaban J connectivity index is 0. The van der Waals surface area contributed by atoms with Crippen molar-refractivity contribution >= 4 is 24.3 Å². The van der Waals surface area contributed by atoms with Gasteiger partial charge in [0.15, 0.2) is 0 Å². The topological polar surface area (TPSA) is 102 Å². The molecule has 0 rings (SSSR count). The van der Waals surface area contributed by atoms with Gasteiger partial charge in [0.05, 0.1) is 0 Å². The smallest absolute Gasteiger partial charge is 0.407 e. The Hall–Kier alpha value is -0.950. The zero-order valence-corrected chi connectivity index (χ0v) is 13.0. The number of amides is 1. The highest BCUT2D eigenvalue weighted by atomic mass is 32.2. The zero-order chi connectivity index (χ0) is 15.3. The van der Waals surface area contributed by atoms with Gasteiger partial charge in [0, 0.05) is 18.3 Å². The zero-order valence-electron chi connectivity index (χ0n) is 12.1. The molecule has 0 aromatic heterocycles. The Morgan fingerprint density at radius 2 is 2.00 bits per heavy atom. The highest BCUT2D eigenvalue weighted by Gasteiger charge is 2.17. The molecule has 0 aromatic rings. The molecule has 1 atom stereocenters. The third-order valence-electron chi connectivity index (χ3n) is 1.72. The van der Waals surface area contributed by atoms with E-state index in [-0.39, 0.29) is 18.6 Å². The van der Waals surface area contributed by atoms with E-state index in [0.717, 1.165) is 17.9 Å². The van der Waals surface area contributed by atoms with Gasteiger partial charge < -0.3 is 20.9 Å². The maximum Gasteiger partial charge on any atom is 0.407 e. The Morgan fingerprint density at radius 1 is 1.47 bits per heavy atom. The molecule has 19 heavy (non-hydrogen) atoms. The Bertz CT molecular complexity index is 244. The Kier molecular flexibility index (Phi) is 13.0. The predicted molar refractivity (Wildman–Crippen MR) is 78.5 cm³/mol. The predicted octanol–water partition coefficient (Wildman–Crippen LogP) is 1.68. The van der Waals surface area contributed by atoms with Gasteiger partial charge in [-0.3, -0.25) is 4.79 Å². The molecule has 6 nitrogen and oxygen atoms in total. The quantitative estimate of drug-likeness (QED) is 0.509. The van der Waals surface area contributed by atoms with Gasteiger partial charge in [-0.05, 0) is 39.9 Å². The fraction of sp³-hybridized carbons (Fsp3) is 0.833. The van der Waals surface area contributed by atoms with Crippen LogP contribution in [0, 0.1) is 0 Å². The first-order valence-corrected chi connectivity index (χ1v) is 7.27. The first-order valence-electron chi connectivity index (χ1n) is 6.12. The van der Waals surface area contributed by atoms with E-state index in [2.05, 4.69) is 5.32 Å². The summed E-state index contributed by atoms with van der Waals surface area (Å²) in [5.74, 6) is 1.98. The van der Waals surface area contributed by atoms with E-state index in [1.165, 1.54) is 0 Å².